The molecule has 36 heavy (non-hydrogen) atoms. The number of nitrogens with one attached hydrogen (secondary N) is 2. The average Bonchev–Trinajstić information content (AvgIpc) is 2.84. The molecule has 7 nitrogen and oxygen atoms in total. The zero-order valence-electron chi connectivity index (χ0n) is 19.3. The molecule has 0 radical (unpaired) electrons. The number of nitrogens with zero attached hydrogens (tertiary/aromatic N) is 1. The zero-order chi connectivity index (χ0) is 25.7. The number of hydrogen-bond acceptors (Lipinski definition) is 6. The van der Waals surface area contributed by atoms with E-state index in [1.54, 1.807) is 75.0 Å². The van der Waals surface area contributed by atoms with Gasteiger partial charge in [-0.3, -0.25) is 9.78 Å². The predicted molar refractivity (Wildman–Crippen MR) is 146 cm³/mol. The van der Waals surface area contributed by atoms with E-state index in [2.05, 4.69) is 15.6 Å². The quantitative estimate of drug-likeness (QED) is 0.261. The van der Waals surface area contributed by atoms with E-state index in [0.717, 1.165) is 10.9 Å². The summed E-state index contributed by atoms with van der Waals surface area (Å²) in [5.41, 5.74) is 2.05. The zero-order valence-corrected chi connectivity index (χ0v) is 21.6. The molecule has 0 aliphatic heterocycles. The smallest absolute Gasteiger partial charge is 0.230 e. The fourth-order valence-electron chi connectivity index (χ4n) is 3.48. The number of carbonyl (C=O) groups excluding carboxylic acids is 1. The lowest BCUT2D eigenvalue weighted by Crippen LogP contribution is -2.35. The lowest BCUT2D eigenvalue weighted by Gasteiger charge is -2.14. The van der Waals surface area contributed by atoms with E-state index in [0.29, 0.717) is 44.2 Å². The van der Waals surface area contributed by atoms with E-state index in [-0.39, 0.29) is 17.4 Å². The van der Waals surface area contributed by atoms with Gasteiger partial charge in [0.05, 0.1) is 31.2 Å². The number of fused-ring (bicyclic) bond motifs is 1. The average molecular weight is 542 g/mol. The number of methoxy groups -OCH3 is 2. The van der Waals surface area contributed by atoms with Crippen LogP contribution in [0.5, 0.6) is 23.0 Å². The highest BCUT2D eigenvalue weighted by molar-refractivity contribution is 7.80. The largest absolute Gasteiger partial charge is 0.493 e. The maximum atomic E-state index is 12.3. The first-order valence-electron chi connectivity index (χ1n) is 10.7. The van der Waals surface area contributed by atoms with Gasteiger partial charge in [0.2, 0.25) is 5.91 Å². The number of pyridine rings is 1. The number of aromatic nitrogens is 1. The summed E-state index contributed by atoms with van der Waals surface area (Å²) >= 11 is 17.7. The van der Waals surface area contributed by atoms with Crippen LogP contribution in [0.15, 0.2) is 66.9 Å². The molecule has 0 aliphatic carbocycles. The van der Waals surface area contributed by atoms with Crippen LogP contribution in [0.25, 0.3) is 10.9 Å². The third-order valence-electron chi connectivity index (χ3n) is 5.12. The lowest BCUT2D eigenvalue weighted by atomic mass is 10.1. The minimum atomic E-state index is -0.266. The molecule has 0 atom stereocenters. The number of amides is 1. The van der Waals surface area contributed by atoms with Gasteiger partial charge in [-0.1, -0.05) is 35.3 Å². The molecule has 4 aromatic rings. The van der Waals surface area contributed by atoms with E-state index in [4.69, 9.17) is 49.6 Å². The van der Waals surface area contributed by atoms with Gasteiger partial charge in [0.25, 0.3) is 0 Å². The summed E-state index contributed by atoms with van der Waals surface area (Å²) in [5, 5.41) is 7.39. The minimum Gasteiger partial charge on any atom is -0.493 e. The van der Waals surface area contributed by atoms with Crippen LogP contribution < -0.4 is 24.8 Å². The van der Waals surface area contributed by atoms with Crippen molar-refractivity contribution in [3.8, 4) is 23.0 Å². The van der Waals surface area contributed by atoms with Crippen LogP contribution >= 0.6 is 35.4 Å². The first-order valence-corrected chi connectivity index (χ1v) is 11.9. The van der Waals surface area contributed by atoms with Gasteiger partial charge in [-0.05, 0) is 60.2 Å². The highest BCUT2D eigenvalue weighted by Gasteiger charge is 2.13. The highest BCUT2D eigenvalue weighted by atomic mass is 35.5. The fourth-order valence-corrected chi connectivity index (χ4v) is 4.15. The highest BCUT2D eigenvalue weighted by Crippen LogP contribution is 2.38. The molecule has 1 aromatic heterocycles. The van der Waals surface area contributed by atoms with Crippen molar-refractivity contribution in [3.05, 3.63) is 82.5 Å². The lowest BCUT2D eigenvalue weighted by molar-refractivity contribution is -0.119. The topological polar surface area (TPSA) is 81.7 Å². The van der Waals surface area contributed by atoms with E-state index in [9.17, 15) is 4.79 Å². The molecule has 184 valence electrons. The molecule has 1 heterocycles. The van der Waals surface area contributed by atoms with Gasteiger partial charge < -0.3 is 24.8 Å². The summed E-state index contributed by atoms with van der Waals surface area (Å²) in [6.45, 7) is 0. The molecule has 10 heteroatoms. The first kappa shape index (κ1) is 25.5. The van der Waals surface area contributed by atoms with Crippen LogP contribution in [0.2, 0.25) is 10.0 Å². The maximum Gasteiger partial charge on any atom is 0.230 e. The Morgan fingerprint density at radius 3 is 2.44 bits per heavy atom. The van der Waals surface area contributed by atoms with Gasteiger partial charge in [-0.15, -0.1) is 0 Å². The molecule has 0 aliphatic rings. The Balaban J connectivity index is 1.44. The van der Waals surface area contributed by atoms with Gasteiger partial charge in [-0.25, -0.2) is 0 Å². The Kier molecular flexibility index (Phi) is 8.10. The normalized spacial score (nSPS) is 10.6. The molecule has 3 aromatic carbocycles. The van der Waals surface area contributed by atoms with Gasteiger partial charge in [-0.2, -0.15) is 0 Å². The van der Waals surface area contributed by atoms with E-state index < -0.39 is 0 Å². The minimum absolute atomic E-state index is 0.145. The Hall–Kier alpha value is -3.59. The fraction of sp³-hybridized carbons (Fsp3) is 0.115. The van der Waals surface area contributed by atoms with Crippen molar-refractivity contribution in [2.24, 2.45) is 0 Å². The number of benzene rings is 3. The molecule has 4 rings (SSSR count). The van der Waals surface area contributed by atoms with Crippen LogP contribution in [0.4, 0.5) is 5.69 Å². The number of hydrogen-bond donors (Lipinski definition) is 2. The first-order chi connectivity index (χ1) is 17.4. The van der Waals surface area contributed by atoms with Crippen molar-refractivity contribution in [1.82, 2.24) is 10.3 Å². The molecular weight excluding hydrogens is 521 g/mol. The van der Waals surface area contributed by atoms with Crippen molar-refractivity contribution in [3.63, 3.8) is 0 Å². The molecule has 2 N–H and O–H groups in total. The number of rotatable bonds is 7. The van der Waals surface area contributed by atoms with E-state index in [1.807, 2.05) is 6.07 Å². The Morgan fingerprint density at radius 1 is 0.944 bits per heavy atom. The Morgan fingerprint density at radius 2 is 1.72 bits per heavy atom. The Bertz CT molecular complexity index is 1450. The molecule has 0 bridgehead atoms. The van der Waals surface area contributed by atoms with Crippen LogP contribution in [-0.4, -0.2) is 30.2 Å². The second-order valence-corrected chi connectivity index (χ2v) is 8.84. The number of thiocarbonyl (C=S) groups is 1. The van der Waals surface area contributed by atoms with Crippen molar-refractivity contribution in [2.75, 3.05) is 19.5 Å². The third kappa shape index (κ3) is 6.15. The second-order valence-electron chi connectivity index (χ2n) is 7.59. The molecule has 0 saturated heterocycles. The Labute approximate surface area is 223 Å². The van der Waals surface area contributed by atoms with Crippen LogP contribution in [-0.2, 0) is 11.2 Å². The molecule has 0 spiro atoms. The van der Waals surface area contributed by atoms with Gasteiger partial charge in [0.15, 0.2) is 16.6 Å². The van der Waals surface area contributed by atoms with Gasteiger partial charge in [0.1, 0.15) is 11.5 Å². The van der Waals surface area contributed by atoms with Crippen LogP contribution in [0, 0.1) is 0 Å². The van der Waals surface area contributed by atoms with E-state index >= 15 is 0 Å². The number of ether oxygens (including phenoxy) is 3. The van der Waals surface area contributed by atoms with Gasteiger partial charge >= 0.3 is 0 Å². The van der Waals surface area contributed by atoms with Crippen molar-refractivity contribution >= 4 is 63.0 Å². The number of anilines is 1. The van der Waals surface area contributed by atoms with Crippen molar-refractivity contribution in [2.45, 2.75) is 6.42 Å². The summed E-state index contributed by atoms with van der Waals surface area (Å²) in [4.78, 5) is 16.7. The molecule has 0 saturated carbocycles. The maximum absolute atomic E-state index is 12.3. The number of carbonyl (C=O) groups is 1. The second kappa shape index (κ2) is 11.4. The van der Waals surface area contributed by atoms with Crippen LogP contribution in [0.3, 0.4) is 0 Å². The summed E-state index contributed by atoms with van der Waals surface area (Å²) in [6, 6.07) is 17.5. The number of halogens is 2. The van der Waals surface area contributed by atoms with Gasteiger partial charge in [0, 0.05) is 28.4 Å². The predicted octanol–water partition coefficient (Wildman–Crippen LogP) is 6.41. The summed E-state index contributed by atoms with van der Waals surface area (Å²) in [5.74, 6) is 1.84. The standard InChI is InChI=1S/C26H21Cl2N3O4S/c1-33-23-13-18-20(14-24(23)34-2)29-9-8-21(18)35-22-7-6-17(12-19(22)28)30-26(36)31-25(32)11-15-4-3-5-16(27)10-15/h3-10,12-14H,11H2,1-2H3,(H2,30,31,32,36). The van der Waals surface area contributed by atoms with Crippen LogP contribution in [0.1, 0.15) is 5.56 Å². The summed E-state index contributed by atoms with van der Waals surface area (Å²) in [6.07, 6.45) is 1.78. The van der Waals surface area contributed by atoms with Crippen molar-refractivity contribution in [1.29, 1.82) is 0 Å². The molecule has 0 unspecified atom stereocenters. The summed E-state index contributed by atoms with van der Waals surface area (Å²) in [7, 11) is 3.13. The molecule has 1 amide bonds. The SMILES string of the molecule is COc1cc2nccc(Oc3ccc(NC(=S)NC(=O)Cc4cccc(Cl)c4)cc3Cl)c2cc1OC. The summed E-state index contributed by atoms with van der Waals surface area (Å²) < 4.78 is 16.8. The van der Waals surface area contributed by atoms with E-state index in [1.165, 1.54) is 0 Å². The molecule has 0 fully saturated rings. The third-order valence-corrected chi connectivity index (χ3v) is 5.86. The van der Waals surface area contributed by atoms with Crippen molar-refractivity contribution < 1.29 is 19.0 Å². The monoisotopic (exact) mass is 541 g/mol. The molecular formula is C26H21Cl2N3O4S.